The Morgan fingerprint density at radius 3 is 2.86 bits per heavy atom. The van der Waals surface area contributed by atoms with E-state index in [1.165, 1.54) is 12.4 Å². The van der Waals surface area contributed by atoms with E-state index in [0.29, 0.717) is 46.3 Å². The minimum Gasteiger partial charge on any atom is -0.325 e. The first-order valence-electron chi connectivity index (χ1n) is 11.0. The van der Waals surface area contributed by atoms with E-state index in [1.807, 2.05) is 38.2 Å². The number of aryl methyl sites for hydroxylation is 1. The highest BCUT2D eigenvalue weighted by Crippen LogP contribution is 2.37. The van der Waals surface area contributed by atoms with Crippen molar-refractivity contribution in [1.29, 1.82) is 5.26 Å². The van der Waals surface area contributed by atoms with Crippen LogP contribution in [-0.4, -0.2) is 32.2 Å². The number of fused-ring (bicyclic) bond motifs is 1. The molecule has 1 aliphatic rings. The predicted octanol–water partition coefficient (Wildman–Crippen LogP) is 5.03. The van der Waals surface area contributed by atoms with Gasteiger partial charge in [0.25, 0.3) is 0 Å². The third-order valence-electron chi connectivity index (χ3n) is 5.72. The van der Waals surface area contributed by atoms with E-state index in [1.54, 1.807) is 27.9 Å². The second-order valence-electron chi connectivity index (χ2n) is 7.95. The quantitative estimate of drug-likeness (QED) is 0.471. The number of allylic oxidation sites excluding steroid dienone is 4. The average Bonchev–Trinajstić information content (AvgIpc) is 3.48. The summed E-state index contributed by atoms with van der Waals surface area (Å²) in [6, 6.07) is 9.67. The maximum absolute atomic E-state index is 13.2. The molecule has 3 aromatic rings. The number of hydrogen-bond acceptors (Lipinski definition) is 6. The molecular formula is C26H24ClN7O. The van der Waals surface area contributed by atoms with Crippen LogP contribution in [0.5, 0.6) is 0 Å². The van der Waals surface area contributed by atoms with E-state index in [0.717, 1.165) is 16.9 Å². The standard InChI is InChI=1S/C26H24ClN7O/c1-4-6-17(21(27)5-2)13-25(35)34-10-8-18-11-19(12-20(15-28)26(18)34)22-14-23(30-16-29-22)32-24-7-9-31-33(24)3/h4-7,9,11-12,14,16H,2,8,10,13H2,1,3H3,(H,29,30,32)/b6-4-,21-17-. The van der Waals surface area contributed by atoms with Crippen LogP contribution in [0.1, 0.15) is 24.5 Å². The molecule has 176 valence electrons. The average molecular weight is 486 g/mol. The highest BCUT2D eigenvalue weighted by molar-refractivity contribution is 6.31. The van der Waals surface area contributed by atoms with Gasteiger partial charge in [-0.25, -0.2) is 9.97 Å². The Hall–Kier alpha value is -4.22. The SMILES string of the molecule is C=C/C(Cl)=C(\C=C/C)CC(=O)N1CCc2cc(-c3cc(Nc4ccnn4C)ncn3)cc(C#N)c21. The van der Waals surface area contributed by atoms with Gasteiger partial charge in [-0.1, -0.05) is 36.4 Å². The highest BCUT2D eigenvalue weighted by Gasteiger charge is 2.29. The van der Waals surface area contributed by atoms with E-state index >= 15 is 0 Å². The lowest BCUT2D eigenvalue weighted by Gasteiger charge is -2.19. The molecule has 4 rings (SSSR count). The number of halogens is 1. The molecule has 1 aliphatic heterocycles. The first-order chi connectivity index (χ1) is 16.9. The Labute approximate surface area is 208 Å². The number of nitrogens with one attached hydrogen (secondary N) is 1. The van der Waals surface area contributed by atoms with Gasteiger partial charge < -0.3 is 10.2 Å². The fourth-order valence-corrected chi connectivity index (χ4v) is 4.19. The number of carbonyl (C=O) groups is 1. The lowest BCUT2D eigenvalue weighted by Crippen LogP contribution is -2.29. The third kappa shape index (κ3) is 5.00. The normalized spacial score (nSPS) is 13.4. The summed E-state index contributed by atoms with van der Waals surface area (Å²) in [5.74, 6) is 1.28. The molecule has 0 unspecified atom stereocenters. The van der Waals surface area contributed by atoms with Gasteiger partial charge in [0.2, 0.25) is 5.91 Å². The summed E-state index contributed by atoms with van der Waals surface area (Å²) in [5, 5.41) is 17.7. The van der Waals surface area contributed by atoms with Gasteiger partial charge in [-0.2, -0.15) is 10.4 Å². The molecule has 3 heterocycles. The minimum absolute atomic E-state index is 0.120. The van der Waals surface area contributed by atoms with Gasteiger partial charge in [-0.15, -0.1) is 0 Å². The number of nitrogens with zero attached hydrogens (tertiary/aromatic N) is 6. The number of amides is 1. The Kier molecular flexibility index (Phi) is 7.09. The Bertz CT molecular complexity index is 1400. The lowest BCUT2D eigenvalue weighted by molar-refractivity contribution is -0.117. The first kappa shape index (κ1) is 23.9. The molecule has 1 amide bonds. The van der Waals surface area contributed by atoms with Crippen LogP contribution >= 0.6 is 11.6 Å². The molecule has 1 N–H and O–H groups in total. The number of rotatable bonds is 7. The Balaban J connectivity index is 1.64. The molecular weight excluding hydrogens is 462 g/mol. The van der Waals surface area contributed by atoms with Gasteiger partial charge >= 0.3 is 0 Å². The second-order valence-corrected chi connectivity index (χ2v) is 8.35. The van der Waals surface area contributed by atoms with E-state index in [2.05, 4.69) is 33.0 Å². The zero-order valence-corrected chi connectivity index (χ0v) is 20.3. The molecule has 0 aliphatic carbocycles. The van der Waals surface area contributed by atoms with Crippen molar-refractivity contribution in [1.82, 2.24) is 19.7 Å². The molecule has 8 nitrogen and oxygen atoms in total. The summed E-state index contributed by atoms with van der Waals surface area (Å²) in [5.41, 5.74) is 4.15. The van der Waals surface area contributed by atoms with Crippen LogP contribution in [0.4, 0.5) is 17.3 Å². The topological polar surface area (TPSA) is 99.7 Å². The molecule has 0 saturated heterocycles. The number of benzene rings is 1. The molecule has 9 heteroatoms. The fraction of sp³-hybridized carbons (Fsp3) is 0.192. The molecule has 0 fully saturated rings. The van der Waals surface area contributed by atoms with Crippen LogP contribution in [0.25, 0.3) is 11.3 Å². The first-order valence-corrected chi connectivity index (χ1v) is 11.4. The fourth-order valence-electron chi connectivity index (χ4n) is 4.06. The van der Waals surface area contributed by atoms with E-state index in [9.17, 15) is 10.1 Å². The Morgan fingerprint density at radius 2 is 2.17 bits per heavy atom. The van der Waals surface area contributed by atoms with Gasteiger partial charge in [0, 0.05) is 36.3 Å². The molecule has 0 radical (unpaired) electrons. The van der Waals surface area contributed by atoms with Crippen LogP contribution in [0.15, 0.2) is 72.2 Å². The van der Waals surface area contributed by atoms with Crippen LogP contribution < -0.4 is 10.2 Å². The second kappa shape index (κ2) is 10.4. The van der Waals surface area contributed by atoms with Gasteiger partial charge in [-0.05, 0) is 36.6 Å². The molecule has 35 heavy (non-hydrogen) atoms. The summed E-state index contributed by atoms with van der Waals surface area (Å²) in [6.07, 6.45) is 9.09. The van der Waals surface area contributed by atoms with Gasteiger partial charge in [0.05, 0.1) is 29.6 Å². The monoisotopic (exact) mass is 485 g/mol. The van der Waals surface area contributed by atoms with Crippen molar-refractivity contribution in [3.05, 3.63) is 83.3 Å². The maximum Gasteiger partial charge on any atom is 0.231 e. The summed E-state index contributed by atoms with van der Waals surface area (Å²) >= 11 is 6.24. The summed E-state index contributed by atoms with van der Waals surface area (Å²) in [7, 11) is 1.83. The van der Waals surface area contributed by atoms with Crippen molar-refractivity contribution in [2.24, 2.45) is 7.05 Å². The number of anilines is 3. The van der Waals surface area contributed by atoms with Crippen LogP contribution in [0.3, 0.4) is 0 Å². The zero-order valence-electron chi connectivity index (χ0n) is 19.5. The third-order valence-corrected chi connectivity index (χ3v) is 6.12. The van der Waals surface area contributed by atoms with E-state index in [4.69, 9.17) is 11.6 Å². The van der Waals surface area contributed by atoms with Gasteiger partial charge in [0.15, 0.2) is 0 Å². The summed E-state index contributed by atoms with van der Waals surface area (Å²) < 4.78 is 1.70. The molecule has 0 saturated carbocycles. The number of nitriles is 1. The van der Waals surface area contributed by atoms with Crippen molar-refractivity contribution >= 4 is 34.8 Å². The van der Waals surface area contributed by atoms with Gasteiger partial charge in [0.1, 0.15) is 24.0 Å². The van der Waals surface area contributed by atoms with Crippen molar-refractivity contribution in [3.8, 4) is 17.3 Å². The maximum atomic E-state index is 13.2. The largest absolute Gasteiger partial charge is 0.325 e. The zero-order chi connectivity index (χ0) is 24.9. The lowest BCUT2D eigenvalue weighted by atomic mass is 10.0. The number of carbonyl (C=O) groups excluding carboxylic acids is 1. The Morgan fingerprint density at radius 1 is 1.34 bits per heavy atom. The van der Waals surface area contributed by atoms with Crippen molar-refractivity contribution < 1.29 is 4.79 Å². The highest BCUT2D eigenvalue weighted by atomic mass is 35.5. The van der Waals surface area contributed by atoms with Gasteiger partial charge in [-0.3, -0.25) is 9.48 Å². The van der Waals surface area contributed by atoms with E-state index in [-0.39, 0.29) is 12.3 Å². The number of hydrogen-bond donors (Lipinski definition) is 1. The number of aromatic nitrogens is 4. The van der Waals surface area contributed by atoms with Crippen molar-refractivity contribution in [2.45, 2.75) is 19.8 Å². The molecule has 0 bridgehead atoms. The smallest absolute Gasteiger partial charge is 0.231 e. The van der Waals surface area contributed by atoms with Crippen molar-refractivity contribution in [3.63, 3.8) is 0 Å². The molecule has 0 spiro atoms. The molecule has 0 atom stereocenters. The van der Waals surface area contributed by atoms with E-state index < -0.39 is 0 Å². The molecule has 1 aromatic carbocycles. The van der Waals surface area contributed by atoms with Crippen LogP contribution in [-0.2, 0) is 18.3 Å². The van der Waals surface area contributed by atoms with Crippen LogP contribution in [0.2, 0.25) is 0 Å². The molecule has 2 aromatic heterocycles. The summed E-state index contributed by atoms with van der Waals surface area (Å²) in [6.45, 7) is 6.05. The minimum atomic E-state index is -0.120. The van der Waals surface area contributed by atoms with Crippen molar-refractivity contribution in [2.75, 3.05) is 16.8 Å². The predicted molar refractivity (Wildman–Crippen MR) is 137 cm³/mol. The van der Waals surface area contributed by atoms with Crippen LogP contribution in [0, 0.1) is 11.3 Å². The summed E-state index contributed by atoms with van der Waals surface area (Å²) in [4.78, 5) is 23.5.